The second-order valence-corrected chi connectivity index (χ2v) is 8.66. The second kappa shape index (κ2) is 8.67. The number of nitrogens with one attached hydrogen (secondary N) is 5. The van der Waals surface area contributed by atoms with Crippen LogP contribution in [0.1, 0.15) is 45.4 Å². The Morgan fingerprint density at radius 1 is 1.19 bits per heavy atom. The van der Waals surface area contributed by atoms with Gasteiger partial charge in [-0.1, -0.05) is 11.6 Å². The predicted molar refractivity (Wildman–Crippen MR) is 105 cm³/mol. The molecule has 148 valence electrons. The summed E-state index contributed by atoms with van der Waals surface area (Å²) in [5.74, 6) is 1.30. The first-order valence-electron chi connectivity index (χ1n) is 10.7. The van der Waals surface area contributed by atoms with E-state index in [1.54, 1.807) is 5.57 Å². The summed E-state index contributed by atoms with van der Waals surface area (Å²) in [6, 6.07) is 1.07. The van der Waals surface area contributed by atoms with Crippen molar-refractivity contribution in [2.24, 2.45) is 11.8 Å². The minimum atomic E-state index is 0.186. The van der Waals surface area contributed by atoms with Crippen molar-refractivity contribution >= 4 is 0 Å². The number of fused-ring (bicyclic) bond motifs is 1. The standard InChI is InChI=1S/C20H37N5O/c1-13-10-18(21-2)25-20(23-13)24-16-11-15-6-9-26-19(15)17(12-16)14-4-3-7-22-8-5-14/h5,13,15-25H,3-4,6-12H2,1-2H3. The fraction of sp³-hybridized carbons (Fsp3) is 0.900. The van der Waals surface area contributed by atoms with Crippen LogP contribution in [0.3, 0.4) is 0 Å². The van der Waals surface area contributed by atoms with Crippen molar-refractivity contribution in [3.63, 3.8) is 0 Å². The molecule has 3 heterocycles. The molecule has 0 aromatic carbocycles. The number of hydrogen-bond donors (Lipinski definition) is 5. The Balaban J connectivity index is 1.43. The van der Waals surface area contributed by atoms with E-state index >= 15 is 0 Å². The van der Waals surface area contributed by atoms with E-state index in [-0.39, 0.29) is 6.29 Å². The monoisotopic (exact) mass is 363 g/mol. The van der Waals surface area contributed by atoms with Crippen molar-refractivity contribution in [2.75, 3.05) is 26.7 Å². The first kappa shape index (κ1) is 18.8. The van der Waals surface area contributed by atoms with Crippen LogP contribution in [0.15, 0.2) is 11.6 Å². The molecule has 6 heteroatoms. The van der Waals surface area contributed by atoms with Gasteiger partial charge in [0.25, 0.3) is 0 Å². The van der Waals surface area contributed by atoms with Gasteiger partial charge in [0.1, 0.15) is 6.29 Å². The molecular formula is C20H37N5O. The molecule has 4 rings (SSSR count). The summed E-state index contributed by atoms with van der Waals surface area (Å²) < 4.78 is 6.22. The molecule has 1 saturated carbocycles. The van der Waals surface area contributed by atoms with Gasteiger partial charge in [-0.15, -0.1) is 0 Å². The molecule has 6 nitrogen and oxygen atoms in total. The molecular weight excluding hydrogens is 326 g/mol. The lowest BCUT2D eigenvalue weighted by atomic mass is 9.72. The Kier molecular flexibility index (Phi) is 6.29. The first-order valence-corrected chi connectivity index (χ1v) is 10.7. The Labute approximate surface area is 158 Å². The summed E-state index contributed by atoms with van der Waals surface area (Å²) in [5, 5.41) is 18.1. The molecule has 2 saturated heterocycles. The maximum atomic E-state index is 6.22. The van der Waals surface area contributed by atoms with Crippen molar-refractivity contribution in [1.82, 2.24) is 26.6 Å². The van der Waals surface area contributed by atoms with E-state index in [2.05, 4.69) is 39.6 Å². The zero-order chi connectivity index (χ0) is 17.9. The molecule has 5 N–H and O–H groups in total. The minimum Gasteiger partial charge on any atom is -0.377 e. The third-order valence-electron chi connectivity index (χ3n) is 6.75. The molecule has 0 bridgehead atoms. The van der Waals surface area contributed by atoms with Crippen molar-refractivity contribution in [1.29, 1.82) is 0 Å². The van der Waals surface area contributed by atoms with E-state index in [9.17, 15) is 0 Å². The fourth-order valence-electron chi connectivity index (χ4n) is 5.47. The van der Waals surface area contributed by atoms with Crippen LogP contribution in [0.4, 0.5) is 0 Å². The molecule has 0 radical (unpaired) electrons. The molecule has 3 aliphatic heterocycles. The lowest BCUT2D eigenvalue weighted by Gasteiger charge is -2.43. The minimum absolute atomic E-state index is 0.186. The molecule has 0 aromatic rings. The number of hydrogen-bond acceptors (Lipinski definition) is 6. The summed E-state index contributed by atoms with van der Waals surface area (Å²) in [6.45, 7) is 5.38. The predicted octanol–water partition coefficient (Wildman–Crippen LogP) is 0.870. The van der Waals surface area contributed by atoms with Crippen LogP contribution in [-0.2, 0) is 4.74 Å². The summed E-state index contributed by atoms with van der Waals surface area (Å²) in [7, 11) is 2.04. The van der Waals surface area contributed by atoms with Gasteiger partial charge in [-0.3, -0.25) is 16.0 Å². The largest absolute Gasteiger partial charge is 0.377 e. The summed E-state index contributed by atoms with van der Waals surface area (Å²) in [6.07, 6.45) is 10.7. The smallest absolute Gasteiger partial charge is 0.113 e. The Bertz CT molecular complexity index is 499. The van der Waals surface area contributed by atoms with E-state index in [1.807, 2.05) is 7.05 Å². The maximum absolute atomic E-state index is 6.22. The normalized spacial score (nSPS) is 44.2. The molecule has 4 aliphatic rings. The van der Waals surface area contributed by atoms with E-state index in [0.29, 0.717) is 36.2 Å². The van der Waals surface area contributed by atoms with Gasteiger partial charge in [0, 0.05) is 31.2 Å². The van der Waals surface area contributed by atoms with Crippen molar-refractivity contribution in [3.8, 4) is 0 Å². The number of ether oxygens (including phenoxy) is 1. The summed E-state index contributed by atoms with van der Waals surface area (Å²) >= 11 is 0. The summed E-state index contributed by atoms with van der Waals surface area (Å²) in [4.78, 5) is 0. The Hall–Kier alpha value is -0.500. The lowest BCUT2D eigenvalue weighted by molar-refractivity contribution is 0.0177. The van der Waals surface area contributed by atoms with E-state index in [0.717, 1.165) is 26.1 Å². The highest BCUT2D eigenvalue weighted by atomic mass is 16.5. The van der Waals surface area contributed by atoms with Gasteiger partial charge >= 0.3 is 0 Å². The quantitative estimate of drug-likeness (QED) is 0.478. The molecule has 0 aromatic heterocycles. The average Bonchev–Trinajstić information content (AvgIpc) is 2.93. The highest BCUT2D eigenvalue weighted by Gasteiger charge is 2.43. The zero-order valence-electron chi connectivity index (χ0n) is 16.4. The van der Waals surface area contributed by atoms with E-state index in [4.69, 9.17) is 4.74 Å². The van der Waals surface area contributed by atoms with Crippen molar-refractivity contribution in [2.45, 2.75) is 76.1 Å². The van der Waals surface area contributed by atoms with Gasteiger partial charge in [0.05, 0.1) is 12.3 Å². The SMILES string of the molecule is CNC1CC(C)NC(NC2CC3CCOC3C(C3=CCNCCC3)C2)N1. The topological polar surface area (TPSA) is 69.4 Å². The van der Waals surface area contributed by atoms with Crippen LogP contribution < -0.4 is 26.6 Å². The van der Waals surface area contributed by atoms with Gasteiger partial charge in [-0.05, 0) is 65.0 Å². The van der Waals surface area contributed by atoms with Crippen molar-refractivity contribution < 1.29 is 4.74 Å². The lowest BCUT2D eigenvalue weighted by Crippen LogP contribution is -2.68. The molecule has 0 spiro atoms. The van der Waals surface area contributed by atoms with E-state index in [1.165, 1.54) is 32.1 Å². The number of rotatable bonds is 4. The zero-order valence-corrected chi connectivity index (χ0v) is 16.4. The first-order chi connectivity index (χ1) is 12.7. The van der Waals surface area contributed by atoms with Gasteiger partial charge in [0.15, 0.2) is 0 Å². The molecule has 26 heavy (non-hydrogen) atoms. The molecule has 1 aliphatic carbocycles. The van der Waals surface area contributed by atoms with Crippen LogP contribution in [-0.4, -0.2) is 57.4 Å². The van der Waals surface area contributed by atoms with Crippen molar-refractivity contribution in [3.05, 3.63) is 11.6 Å². The Morgan fingerprint density at radius 3 is 3.00 bits per heavy atom. The van der Waals surface area contributed by atoms with Crippen LogP contribution >= 0.6 is 0 Å². The van der Waals surface area contributed by atoms with Gasteiger partial charge < -0.3 is 15.4 Å². The third-order valence-corrected chi connectivity index (χ3v) is 6.75. The maximum Gasteiger partial charge on any atom is 0.113 e. The van der Waals surface area contributed by atoms with Crippen LogP contribution in [0.25, 0.3) is 0 Å². The van der Waals surface area contributed by atoms with Gasteiger partial charge in [-0.2, -0.15) is 0 Å². The van der Waals surface area contributed by atoms with Crippen LogP contribution in [0.2, 0.25) is 0 Å². The molecule has 7 atom stereocenters. The Morgan fingerprint density at radius 2 is 2.12 bits per heavy atom. The summed E-state index contributed by atoms with van der Waals surface area (Å²) in [5.41, 5.74) is 1.64. The fourth-order valence-corrected chi connectivity index (χ4v) is 5.47. The highest BCUT2D eigenvalue weighted by molar-refractivity contribution is 5.15. The van der Waals surface area contributed by atoms with Crippen LogP contribution in [0.5, 0.6) is 0 Å². The molecule has 7 unspecified atom stereocenters. The molecule has 0 amide bonds. The molecule has 3 fully saturated rings. The van der Waals surface area contributed by atoms with E-state index < -0.39 is 0 Å². The van der Waals surface area contributed by atoms with Gasteiger partial charge in [0.2, 0.25) is 0 Å². The average molecular weight is 364 g/mol. The van der Waals surface area contributed by atoms with Crippen LogP contribution in [0, 0.1) is 11.8 Å². The third kappa shape index (κ3) is 4.32. The highest BCUT2D eigenvalue weighted by Crippen LogP contribution is 2.42. The van der Waals surface area contributed by atoms with Gasteiger partial charge in [-0.25, -0.2) is 0 Å². The second-order valence-electron chi connectivity index (χ2n) is 8.66.